The number of rotatable bonds is 9. The van der Waals surface area contributed by atoms with Crippen LogP contribution in [-0.2, 0) is 11.3 Å². The van der Waals surface area contributed by atoms with Gasteiger partial charge in [-0.2, -0.15) is 4.98 Å². The zero-order valence-corrected chi connectivity index (χ0v) is 18.8. The SMILES string of the molecule is CCNC(=NCc1nc(C(C)OCC)no1)NCC1(CC)CCCC1.I. The van der Waals surface area contributed by atoms with Crippen molar-refractivity contribution in [3.05, 3.63) is 11.7 Å². The Morgan fingerprint density at radius 2 is 2.00 bits per heavy atom. The van der Waals surface area contributed by atoms with Crippen molar-refractivity contribution in [1.29, 1.82) is 0 Å². The van der Waals surface area contributed by atoms with Gasteiger partial charge in [0.05, 0.1) is 0 Å². The van der Waals surface area contributed by atoms with E-state index in [2.05, 4.69) is 39.6 Å². The van der Waals surface area contributed by atoms with Crippen molar-refractivity contribution in [2.75, 3.05) is 19.7 Å². The van der Waals surface area contributed by atoms with E-state index in [0.29, 0.717) is 30.3 Å². The largest absolute Gasteiger partial charge is 0.371 e. The van der Waals surface area contributed by atoms with Crippen molar-refractivity contribution >= 4 is 29.9 Å². The molecule has 1 saturated carbocycles. The van der Waals surface area contributed by atoms with Crippen molar-refractivity contribution in [1.82, 2.24) is 20.8 Å². The Kier molecular flexibility index (Phi) is 10.4. The maximum absolute atomic E-state index is 5.48. The van der Waals surface area contributed by atoms with Crippen molar-refractivity contribution in [2.45, 2.75) is 72.4 Å². The second-order valence-corrected chi connectivity index (χ2v) is 6.75. The summed E-state index contributed by atoms with van der Waals surface area (Å²) in [5.74, 6) is 1.88. The summed E-state index contributed by atoms with van der Waals surface area (Å²) in [6.07, 6.45) is 6.33. The molecule has 1 atom stereocenters. The number of nitrogens with zero attached hydrogens (tertiary/aromatic N) is 3. The minimum atomic E-state index is -0.162. The summed E-state index contributed by atoms with van der Waals surface area (Å²) in [6.45, 7) is 11.0. The molecule has 2 rings (SSSR count). The first-order valence-electron chi connectivity index (χ1n) is 9.58. The normalized spacial score (nSPS) is 17.6. The van der Waals surface area contributed by atoms with E-state index in [1.54, 1.807) is 0 Å². The molecular formula is C18H34IN5O2. The molecule has 26 heavy (non-hydrogen) atoms. The Morgan fingerprint density at radius 1 is 1.27 bits per heavy atom. The van der Waals surface area contributed by atoms with E-state index in [-0.39, 0.29) is 30.1 Å². The molecule has 0 radical (unpaired) electrons. The van der Waals surface area contributed by atoms with Crippen molar-refractivity contribution in [3.8, 4) is 0 Å². The Labute approximate surface area is 174 Å². The molecule has 1 aromatic heterocycles. The highest BCUT2D eigenvalue weighted by atomic mass is 127. The first-order valence-corrected chi connectivity index (χ1v) is 9.58. The fraction of sp³-hybridized carbons (Fsp3) is 0.833. The summed E-state index contributed by atoms with van der Waals surface area (Å²) in [6, 6.07) is 0. The molecule has 1 aromatic rings. The van der Waals surface area contributed by atoms with Gasteiger partial charge in [-0.05, 0) is 45.4 Å². The van der Waals surface area contributed by atoms with E-state index in [4.69, 9.17) is 9.26 Å². The lowest BCUT2D eigenvalue weighted by molar-refractivity contribution is 0.0683. The highest BCUT2D eigenvalue weighted by molar-refractivity contribution is 14.0. The lowest BCUT2D eigenvalue weighted by atomic mass is 9.83. The van der Waals surface area contributed by atoms with Crippen LogP contribution in [0.5, 0.6) is 0 Å². The second kappa shape index (κ2) is 11.7. The molecule has 1 heterocycles. The van der Waals surface area contributed by atoms with Crippen LogP contribution in [0.4, 0.5) is 0 Å². The summed E-state index contributed by atoms with van der Waals surface area (Å²) >= 11 is 0. The van der Waals surface area contributed by atoms with E-state index in [1.807, 2.05) is 13.8 Å². The average molecular weight is 479 g/mol. The number of guanidine groups is 1. The van der Waals surface area contributed by atoms with Crippen LogP contribution in [0.1, 0.15) is 77.6 Å². The molecule has 1 fully saturated rings. The van der Waals surface area contributed by atoms with Gasteiger partial charge in [-0.1, -0.05) is 24.9 Å². The van der Waals surface area contributed by atoms with Gasteiger partial charge in [0.15, 0.2) is 11.8 Å². The smallest absolute Gasteiger partial charge is 0.248 e. The van der Waals surface area contributed by atoms with Gasteiger partial charge in [-0.3, -0.25) is 0 Å². The predicted molar refractivity (Wildman–Crippen MR) is 114 cm³/mol. The number of aliphatic imine (C=N–C) groups is 1. The number of ether oxygens (including phenoxy) is 1. The highest BCUT2D eigenvalue weighted by Crippen LogP contribution is 2.40. The fourth-order valence-electron chi connectivity index (χ4n) is 3.36. The fourth-order valence-corrected chi connectivity index (χ4v) is 3.36. The van der Waals surface area contributed by atoms with Gasteiger partial charge in [0.25, 0.3) is 0 Å². The minimum Gasteiger partial charge on any atom is -0.371 e. The minimum absolute atomic E-state index is 0. The number of nitrogens with one attached hydrogen (secondary N) is 2. The Morgan fingerprint density at radius 3 is 2.62 bits per heavy atom. The van der Waals surface area contributed by atoms with Gasteiger partial charge in [0.1, 0.15) is 12.6 Å². The molecule has 0 bridgehead atoms. The third-order valence-corrected chi connectivity index (χ3v) is 5.03. The van der Waals surface area contributed by atoms with Crippen LogP contribution in [0.2, 0.25) is 0 Å². The maximum atomic E-state index is 5.48. The Balaban J connectivity index is 0.00000338. The average Bonchev–Trinajstić information content (AvgIpc) is 3.27. The summed E-state index contributed by atoms with van der Waals surface area (Å²) in [5, 5.41) is 10.8. The number of halogens is 1. The Hall–Kier alpha value is -0.900. The molecular weight excluding hydrogens is 445 g/mol. The van der Waals surface area contributed by atoms with Gasteiger partial charge in [0, 0.05) is 19.7 Å². The molecule has 150 valence electrons. The summed E-state index contributed by atoms with van der Waals surface area (Å²) < 4.78 is 10.8. The third-order valence-electron chi connectivity index (χ3n) is 5.03. The molecule has 2 N–H and O–H groups in total. The second-order valence-electron chi connectivity index (χ2n) is 6.75. The standard InChI is InChI=1S/C18H33N5O2.HI/c1-5-18(10-8-9-11-18)13-21-17(19-6-2)20-12-15-22-16(23-25-15)14(4)24-7-3;/h14H,5-13H2,1-4H3,(H2,19,20,21);1H. The molecule has 1 aliphatic carbocycles. The molecule has 0 amide bonds. The number of hydrogen-bond donors (Lipinski definition) is 2. The molecule has 1 unspecified atom stereocenters. The van der Waals surface area contributed by atoms with Gasteiger partial charge >= 0.3 is 0 Å². The van der Waals surface area contributed by atoms with Gasteiger partial charge in [-0.15, -0.1) is 24.0 Å². The maximum Gasteiger partial charge on any atom is 0.248 e. The van der Waals surface area contributed by atoms with Gasteiger partial charge < -0.3 is 19.9 Å². The van der Waals surface area contributed by atoms with Gasteiger partial charge in [-0.25, -0.2) is 4.99 Å². The lowest BCUT2D eigenvalue weighted by Gasteiger charge is -2.28. The number of hydrogen-bond acceptors (Lipinski definition) is 5. The topological polar surface area (TPSA) is 84.6 Å². The van der Waals surface area contributed by atoms with E-state index in [1.165, 1.54) is 32.1 Å². The summed E-state index contributed by atoms with van der Waals surface area (Å²) in [7, 11) is 0. The van der Waals surface area contributed by atoms with Crippen molar-refractivity contribution in [2.24, 2.45) is 10.4 Å². The molecule has 1 aliphatic rings. The van der Waals surface area contributed by atoms with E-state index in [9.17, 15) is 0 Å². The third kappa shape index (κ3) is 6.68. The predicted octanol–water partition coefficient (Wildman–Crippen LogP) is 3.81. The first-order chi connectivity index (χ1) is 12.1. The van der Waals surface area contributed by atoms with Gasteiger partial charge in [0.2, 0.25) is 5.89 Å². The Bertz CT molecular complexity index is 543. The summed E-state index contributed by atoms with van der Waals surface area (Å²) in [5.41, 5.74) is 0.417. The molecule has 0 aliphatic heterocycles. The molecule has 0 spiro atoms. The monoisotopic (exact) mass is 479 g/mol. The van der Waals surface area contributed by atoms with Crippen LogP contribution in [-0.4, -0.2) is 35.8 Å². The first kappa shape index (κ1) is 23.1. The molecule has 7 nitrogen and oxygen atoms in total. The van der Waals surface area contributed by atoms with Crippen molar-refractivity contribution in [3.63, 3.8) is 0 Å². The quantitative estimate of drug-likeness (QED) is 0.318. The van der Waals surface area contributed by atoms with E-state index >= 15 is 0 Å². The van der Waals surface area contributed by atoms with E-state index in [0.717, 1.165) is 19.0 Å². The van der Waals surface area contributed by atoms with E-state index < -0.39 is 0 Å². The van der Waals surface area contributed by atoms with Crippen LogP contribution in [0.25, 0.3) is 0 Å². The lowest BCUT2D eigenvalue weighted by Crippen LogP contribution is -2.42. The summed E-state index contributed by atoms with van der Waals surface area (Å²) in [4.78, 5) is 8.95. The highest BCUT2D eigenvalue weighted by Gasteiger charge is 2.31. The molecule has 8 heteroatoms. The van der Waals surface area contributed by atoms with Crippen molar-refractivity contribution < 1.29 is 9.26 Å². The molecule has 0 saturated heterocycles. The zero-order chi connectivity index (χ0) is 18.1. The van der Waals surface area contributed by atoms with Crippen LogP contribution in [0.3, 0.4) is 0 Å². The van der Waals surface area contributed by atoms with Crippen LogP contribution in [0.15, 0.2) is 9.52 Å². The molecule has 0 aromatic carbocycles. The van der Waals surface area contributed by atoms with Crippen LogP contribution >= 0.6 is 24.0 Å². The van der Waals surface area contributed by atoms with Crippen LogP contribution < -0.4 is 10.6 Å². The number of aromatic nitrogens is 2. The zero-order valence-electron chi connectivity index (χ0n) is 16.5. The van der Waals surface area contributed by atoms with Crippen LogP contribution in [0, 0.1) is 5.41 Å².